The first kappa shape index (κ1) is 19.1. The Morgan fingerprint density at radius 2 is 1.90 bits per heavy atom. The fraction of sp³-hybridized carbons (Fsp3) is 0.800. The van der Waals surface area contributed by atoms with Crippen LogP contribution in [0.15, 0.2) is 9.81 Å². The Kier molecular flexibility index (Phi) is 6.90. The fourth-order valence-electron chi connectivity index (χ4n) is 1.96. The molecule has 0 aromatic carbocycles. The highest BCUT2D eigenvalue weighted by molar-refractivity contribution is 8.21. The van der Waals surface area contributed by atoms with E-state index in [0.717, 1.165) is 16.2 Å². The predicted octanol–water partition coefficient (Wildman–Crippen LogP) is 4.51. The zero-order chi connectivity index (χ0) is 16.3. The molecule has 1 saturated heterocycles. The minimum absolute atomic E-state index is 0.147. The molecule has 1 heterocycles. The number of hydrogen-bond acceptors (Lipinski definition) is 5. The average molecular weight is 349 g/mol. The standard InChI is InChI=1S/C15H28O3S2Si/c1-15(2,3)21(6,7)18-9-8-11-10-17-13(16)12(11)14(19-4)20-5/h11H,8-10H2,1-7H3. The molecular formula is C15H28O3S2Si. The van der Waals surface area contributed by atoms with Crippen molar-refractivity contribution >= 4 is 37.8 Å². The predicted molar refractivity (Wildman–Crippen MR) is 96.3 cm³/mol. The number of hydrogen-bond donors (Lipinski definition) is 0. The molecule has 1 fully saturated rings. The number of carbonyl (C=O) groups excluding carboxylic acids is 1. The van der Waals surface area contributed by atoms with E-state index in [2.05, 4.69) is 33.9 Å². The Morgan fingerprint density at radius 3 is 2.38 bits per heavy atom. The molecular weight excluding hydrogens is 320 g/mol. The fourth-order valence-corrected chi connectivity index (χ4v) is 4.63. The lowest BCUT2D eigenvalue weighted by Gasteiger charge is -2.36. The first-order chi connectivity index (χ1) is 9.64. The van der Waals surface area contributed by atoms with E-state index in [-0.39, 0.29) is 16.9 Å². The van der Waals surface area contributed by atoms with Crippen LogP contribution in [0.4, 0.5) is 0 Å². The number of carbonyl (C=O) groups is 1. The van der Waals surface area contributed by atoms with Crippen molar-refractivity contribution in [3.8, 4) is 0 Å². The zero-order valence-electron chi connectivity index (χ0n) is 14.2. The molecule has 1 aliphatic rings. The van der Waals surface area contributed by atoms with Gasteiger partial charge in [0, 0.05) is 12.5 Å². The summed E-state index contributed by atoms with van der Waals surface area (Å²) in [5.74, 6) is 0.0307. The molecule has 0 bridgehead atoms. The first-order valence-electron chi connectivity index (χ1n) is 7.27. The van der Waals surface area contributed by atoms with E-state index in [9.17, 15) is 4.79 Å². The van der Waals surface area contributed by atoms with Crippen molar-refractivity contribution in [1.29, 1.82) is 0 Å². The summed E-state index contributed by atoms with van der Waals surface area (Å²) in [6.07, 6.45) is 4.87. The van der Waals surface area contributed by atoms with Gasteiger partial charge >= 0.3 is 5.97 Å². The smallest absolute Gasteiger partial charge is 0.336 e. The molecule has 21 heavy (non-hydrogen) atoms. The number of ether oxygens (including phenoxy) is 1. The summed E-state index contributed by atoms with van der Waals surface area (Å²) in [5, 5.41) is 0.220. The second kappa shape index (κ2) is 7.57. The molecule has 0 N–H and O–H groups in total. The molecule has 0 aliphatic carbocycles. The highest BCUT2D eigenvalue weighted by Crippen LogP contribution is 2.39. The van der Waals surface area contributed by atoms with Crippen molar-refractivity contribution < 1.29 is 14.0 Å². The topological polar surface area (TPSA) is 35.5 Å². The SMILES string of the molecule is CSC(SC)=C1C(=O)OCC1CCO[Si](C)(C)C(C)(C)C. The molecule has 0 radical (unpaired) electrons. The van der Waals surface area contributed by atoms with Gasteiger partial charge in [0.1, 0.15) is 0 Å². The van der Waals surface area contributed by atoms with Gasteiger partial charge in [-0.15, -0.1) is 23.5 Å². The van der Waals surface area contributed by atoms with Gasteiger partial charge in [0.2, 0.25) is 0 Å². The summed E-state index contributed by atoms with van der Waals surface area (Å²) in [7, 11) is -1.71. The van der Waals surface area contributed by atoms with E-state index in [4.69, 9.17) is 9.16 Å². The van der Waals surface area contributed by atoms with Gasteiger partial charge in [-0.1, -0.05) is 20.8 Å². The maximum atomic E-state index is 11.9. The Bertz CT molecular complexity index is 408. The molecule has 1 atom stereocenters. The highest BCUT2D eigenvalue weighted by atomic mass is 32.2. The van der Waals surface area contributed by atoms with Gasteiger partial charge in [0.05, 0.1) is 16.4 Å². The van der Waals surface area contributed by atoms with E-state index in [1.807, 2.05) is 12.5 Å². The summed E-state index contributed by atoms with van der Waals surface area (Å²) in [6, 6.07) is 0. The molecule has 0 saturated carbocycles. The average Bonchev–Trinajstić information content (AvgIpc) is 2.72. The van der Waals surface area contributed by atoms with Crippen molar-refractivity contribution in [2.45, 2.75) is 45.3 Å². The maximum Gasteiger partial charge on any atom is 0.336 e. The number of esters is 1. The number of thioether (sulfide) groups is 2. The Balaban J connectivity index is 2.67. The van der Waals surface area contributed by atoms with Crippen LogP contribution < -0.4 is 0 Å². The Morgan fingerprint density at radius 1 is 1.33 bits per heavy atom. The van der Waals surface area contributed by atoms with Gasteiger partial charge in [-0.05, 0) is 37.1 Å². The first-order valence-corrected chi connectivity index (χ1v) is 12.6. The third-order valence-corrected chi connectivity index (χ3v) is 11.1. The van der Waals surface area contributed by atoms with Crippen molar-refractivity contribution in [2.24, 2.45) is 5.92 Å². The summed E-state index contributed by atoms with van der Waals surface area (Å²) in [4.78, 5) is 11.9. The van der Waals surface area contributed by atoms with Crippen molar-refractivity contribution in [1.82, 2.24) is 0 Å². The monoisotopic (exact) mass is 348 g/mol. The van der Waals surface area contributed by atoms with E-state index in [1.165, 1.54) is 0 Å². The molecule has 1 aliphatic heterocycles. The van der Waals surface area contributed by atoms with Crippen molar-refractivity contribution in [3.05, 3.63) is 9.81 Å². The van der Waals surface area contributed by atoms with E-state index in [1.54, 1.807) is 23.5 Å². The molecule has 3 nitrogen and oxygen atoms in total. The zero-order valence-corrected chi connectivity index (χ0v) is 16.9. The lowest BCUT2D eigenvalue weighted by molar-refractivity contribution is -0.135. The van der Waals surface area contributed by atoms with Gasteiger partial charge in [0.15, 0.2) is 8.32 Å². The Labute approximate surface area is 138 Å². The summed E-state index contributed by atoms with van der Waals surface area (Å²) >= 11 is 3.26. The molecule has 1 rings (SSSR count). The molecule has 1 unspecified atom stereocenters. The van der Waals surface area contributed by atoms with Crippen LogP contribution in [-0.4, -0.2) is 40.0 Å². The second-order valence-electron chi connectivity index (χ2n) is 6.80. The largest absolute Gasteiger partial charge is 0.462 e. The number of cyclic esters (lactones) is 1. The van der Waals surface area contributed by atoms with Crippen LogP contribution in [-0.2, 0) is 14.0 Å². The molecule has 0 aromatic heterocycles. The third-order valence-electron chi connectivity index (χ3n) is 4.37. The molecule has 0 aromatic rings. The maximum absolute atomic E-state index is 11.9. The second-order valence-corrected chi connectivity index (χ2v) is 13.5. The van der Waals surface area contributed by atoms with E-state index in [0.29, 0.717) is 13.2 Å². The minimum atomic E-state index is -1.71. The lowest BCUT2D eigenvalue weighted by Crippen LogP contribution is -2.41. The van der Waals surface area contributed by atoms with Crippen molar-refractivity contribution in [3.63, 3.8) is 0 Å². The Hall–Kier alpha value is 0.0869. The molecule has 0 amide bonds. The van der Waals surface area contributed by atoms with Gasteiger partial charge in [0.25, 0.3) is 0 Å². The minimum Gasteiger partial charge on any atom is -0.462 e. The summed E-state index contributed by atoms with van der Waals surface area (Å²) in [5.41, 5.74) is 0.855. The quantitative estimate of drug-likeness (QED) is 0.401. The summed E-state index contributed by atoms with van der Waals surface area (Å²) < 4.78 is 12.5. The van der Waals surface area contributed by atoms with Crippen molar-refractivity contribution in [2.75, 3.05) is 25.7 Å². The van der Waals surface area contributed by atoms with Crippen LogP contribution in [0.3, 0.4) is 0 Å². The van der Waals surface area contributed by atoms with Crippen LogP contribution in [0.2, 0.25) is 18.1 Å². The third kappa shape index (κ3) is 4.78. The highest BCUT2D eigenvalue weighted by Gasteiger charge is 2.38. The normalized spacial score (nSPS) is 19.9. The van der Waals surface area contributed by atoms with Gasteiger partial charge in [-0.25, -0.2) is 4.79 Å². The van der Waals surface area contributed by atoms with Crippen LogP contribution >= 0.6 is 23.5 Å². The summed E-state index contributed by atoms with van der Waals surface area (Å²) in [6.45, 7) is 12.5. The van der Waals surface area contributed by atoms with Crippen LogP contribution in [0.1, 0.15) is 27.2 Å². The molecule has 0 spiro atoms. The van der Waals surface area contributed by atoms with Gasteiger partial charge < -0.3 is 9.16 Å². The van der Waals surface area contributed by atoms with E-state index >= 15 is 0 Å². The van der Waals surface area contributed by atoms with Gasteiger partial charge in [-0.3, -0.25) is 0 Å². The van der Waals surface area contributed by atoms with Gasteiger partial charge in [-0.2, -0.15) is 0 Å². The van der Waals surface area contributed by atoms with Crippen LogP contribution in [0, 0.1) is 5.92 Å². The molecule has 122 valence electrons. The van der Waals surface area contributed by atoms with Crippen LogP contribution in [0.5, 0.6) is 0 Å². The van der Waals surface area contributed by atoms with Crippen LogP contribution in [0.25, 0.3) is 0 Å². The lowest BCUT2D eigenvalue weighted by atomic mass is 10.0. The molecule has 6 heteroatoms. The van der Waals surface area contributed by atoms with E-state index < -0.39 is 8.32 Å². The number of rotatable bonds is 6.